The van der Waals surface area contributed by atoms with Gasteiger partial charge >= 0.3 is 0 Å². The maximum atomic E-state index is 14.0. The van der Waals surface area contributed by atoms with E-state index in [2.05, 4.69) is 54.6 Å². The van der Waals surface area contributed by atoms with Gasteiger partial charge in [0.1, 0.15) is 11.6 Å². The summed E-state index contributed by atoms with van der Waals surface area (Å²) in [6.07, 6.45) is 10.9. The number of carbonyl (C=O) groups excluding carboxylic acids is 1. The van der Waals surface area contributed by atoms with Crippen molar-refractivity contribution >= 4 is 17.7 Å². The van der Waals surface area contributed by atoms with E-state index >= 15 is 0 Å². The van der Waals surface area contributed by atoms with Crippen LogP contribution in [-0.4, -0.2) is 28.9 Å². The van der Waals surface area contributed by atoms with Crippen LogP contribution >= 0.6 is 0 Å². The van der Waals surface area contributed by atoms with Crippen LogP contribution in [0.2, 0.25) is 0 Å². The number of hydrogen-bond donors (Lipinski definition) is 0. The van der Waals surface area contributed by atoms with E-state index in [1.54, 1.807) is 24.4 Å². The smallest absolute Gasteiger partial charge is 0.254 e. The van der Waals surface area contributed by atoms with Gasteiger partial charge in [-0.1, -0.05) is 81.0 Å². The van der Waals surface area contributed by atoms with E-state index in [1.807, 2.05) is 49.1 Å². The van der Waals surface area contributed by atoms with Gasteiger partial charge in [0.05, 0.1) is 5.56 Å². The van der Waals surface area contributed by atoms with Crippen LogP contribution in [0.1, 0.15) is 77.3 Å². The van der Waals surface area contributed by atoms with Gasteiger partial charge in [0, 0.05) is 54.4 Å². The van der Waals surface area contributed by atoms with Gasteiger partial charge in [-0.3, -0.25) is 9.78 Å². The number of allylic oxidation sites excluding steroid dienone is 2. The number of aryl methyl sites for hydroxylation is 3. The van der Waals surface area contributed by atoms with Crippen LogP contribution in [0.5, 0.6) is 0 Å². The molecule has 1 aliphatic rings. The molecule has 4 aromatic rings. The predicted octanol–water partition coefficient (Wildman–Crippen LogP) is 10.2. The number of carbonyl (C=O) groups is 1. The molecule has 47 heavy (non-hydrogen) atoms. The molecule has 0 unspecified atom stereocenters. The second kappa shape index (κ2) is 17.4. The average molecular weight is 636 g/mol. The Labute approximate surface area is 279 Å². The summed E-state index contributed by atoms with van der Waals surface area (Å²) in [5.41, 5.74) is 7.63. The van der Waals surface area contributed by atoms with Crippen molar-refractivity contribution in [3.63, 3.8) is 0 Å². The van der Waals surface area contributed by atoms with Crippen LogP contribution in [0.25, 0.3) is 6.08 Å². The summed E-state index contributed by atoms with van der Waals surface area (Å²) < 4.78 is 26.2. The zero-order chi connectivity index (χ0) is 33.8. The normalized spacial score (nSPS) is 13.3. The number of aromatic nitrogens is 1. The Balaban J connectivity index is 0.000000546. The molecule has 0 radical (unpaired) electrons. The number of unbranched alkanes of at least 4 members (excludes halogenated alkanes) is 2. The molecule has 0 spiro atoms. The van der Waals surface area contributed by atoms with Crippen molar-refractivity contribution in [1.82, 2.24) is 9.88 Å². The van der Waals surface area contributed by atoms with Crippen LogP contribution in [-0.2, 0) is 6.54 Å². The monoisotopic (exact) mass is 635 g/mol. The maximum absolute atomic E-state index is 14.0. The van der Waals surface area contributed by atoms with Gasteiger partial charge in [0.15, 0.2) is 0 Å². The SMILES string of the molecule is C=C(C1CCN(C(=O)c2ccnc(C)c2/C=C\CCCC)CC1)N(Cc1cccc(F)c1)c1ccccc1C.Cc1cccc(F)c1. The molecular weight excluding hydrogens is 588 g/mol. The second-order valence-electron chi connectivity index (χ2n) is 12.3. The largest absolute Gasteiger partial charge is 0.341 e. The average Bonchev–Trinajstić information content (AvgIpc) is 3.06. The lowest BCUT2D eigenvalue weighted by atomic mass is 9.91. The standard InChI is InChI=1S/C34H40FN3O.C7H7F/c1-5-6-7-8-15-31-26(3)36-20-17-32(31)34(39)37-21-18-29(19-22-37)27(4)38(33-16-10-9-12-25(33)2)24-28-13-11-14-30(35)23-28;1-6-3-2-4-7(8)5-6/h8-17,20,23,29H,4-7,18-19,21-22,24H2,1-3H3;2-5H,1H3/b15-8-;. The molecule has 0 saturated carbocycles. The summed E-state index contributed by atoms with van der Waals surface area (Å²) in [5.74, 6) is -0.101. The topological polar surface area (TPSA) is 36.4 Å². The van der Waals surface area contributed by atoms with Crippen LogP contribution in [0.15, 0.2) is 103 Å². The van der Waals surface area contributed by atoms with E-state index in [1.165, 1.54) is 18.2 Å². The molecule has 1 fully saturated rings. The molecule has 0 aliphatic carbocycles. The van der Waals surface area contributed by atoms with Gasteiger partial charge in [-0.15, -0.1) is 0 Å². The minimum atomic E-state index is -0.236. The zero-order valence-corrected chi connectivity index (χ0v) is 28.2. The first-order valence-corrected chi connectivity index (χ1v) is 16.6. The Morgan fingerprint density at radius 3 is 2.30 bits per heavy atom. The van der Waals surface area contributed by atoms with Crippen molar-refractivity contribution in [3.05, 3.63) is 149 Å². The van der Waals surface area contributed by atoms with Crippen molar-refractivity contribution in [2.24, 2.45) is 5.92 Å². The number of para-hydroxylation sites is 1. The number of pyridine rings is 1. The van der Waals surface area contributed by atoms with Crippen LogP contribution in [0.4, 0.5) is 14.5 Å². The first-order valence-electron chi connectivity index (χ1n) is 16.6. The number of benzene rings is 3. The number of rotatable bonds is 10. The van der Waals surface area contributed by atoms with Crippen molar-refractivity contribution < 1.29 is 13.6 Å². The van der Waals surface area contributed by atoms with Crippen molar-refractivity contribution in [2.45, 2.75) is 66.3 Å². The molecule has 5 rings (SSSR count). The first kappa shape index (κ1) is 35.3. The Morgan fingerprint density at radius 2 is 1.66 bits per heavy atom. The molecule has 6 heteroatoms. The third-order valence-corrected chi connectivity index (χ3v) is 8.64. The summed E-state index contributed by atoms with van der Waals surface area (Å²) in [4.78, 5) is 22.2. The van der Waals surface area contributed by atoms with Gasteiger partial charge in [-0.2, -0.15) is 0 Å². The Bertz CT molecular complexity index is 1660. The molecular formula is C41H47F2N3O. The van der Waals surface area contributed by atoms with Gasteiger partial charge in [0.2, 0.25) is 0 Å². The van der Waals surface area contributed by atoms with Crippen LogP contribution in [0, 0.1) is 38.3 Å². The highest BCUT2D eigenvalue weighted by atomic mass is 19.1. The van der Waals surface area contributed by atoms with Crippen LogP contribution in [0.3, 0.4) is 0 Å². The summed E-state index contributed by atoms with van der Waals surface area (Å²) in [6.45, 7) is 14.5. The number of hydrogen-bond acceptors (Lipinski definition) is 3. The Hall–Kier alpha value is -4.58. The van der Waals surface area contributed by atoms with Crippen molar-refractivity contribution in [1.29, 1.82) is 0 Å². The van der Waals surface area contributed by atoms with Gasteiger partial charge in [-0.05, 0) is 93.1 Å². The molecule has 1 aromatic heterocycles. The zero-order valence-electron chi connectivity index (χ0n) is 28.2. The highest BCUT2D eigenvalue weighted by Crippen LogP contribution is 2.33. The summed E-state index contributed by atoms with van der Waals surface area (Å²) in [6, 6.07) is 23.4. The fourth-order valence-electron chi connectivity index (χ4n) is 5.94. The van der Waals surface area contributed by atoms with Crippen LogP contribution < -0.4 is 4.90 Å². The molecule has 3 aromatic carbocycles. The number of anilines is 1. The Kier molecular flexibility index (Phi) is 13.0. The lowest BCUT2D eigenvalue weighted by Gasteiger charge is -2.38. The highest BCUT2D eigenvalue weighted by Gasteiger charge is 2.29. The lowest BCUT2D eigenvalue weighted by molar-refractivity contribution is 0.0701. The van der Waals surface area contributed by atoms with Gasteiger partial charge in [0.25, 0.3) is 5.91 Å². The molecule has 0 atom stereocenters. The molecule has 246 valence electrons. The highest BCUT2D eigenvalue weighted by molar-refractivity contribution is 5.98. The summed E-state index contributed by atoms with van der Waals surface area (Å²) >= 11 is 0. The summed E-state index contributed by atoms with van der Waals surface area (Å²) in [7, 11) is 0. The molecule has 0 N–H and O–H groups in total. The van der Waals surface area contributed by atoms with Crippen molar-refractivity contribution in [2.75, 3.05) is 18.0 Å². The molecule has 4 nitrogen and oxygen atoms in total. The van der Waals surface area contributed by atoms with Gasteiger partial charge < -0.3 is 9.80 Å². The third kappa shape index (κ3) is 9.95. The molecule has 1 saturated heterocycles. The van der Waals surface area contributed by atoms with E-state index in [0.717, 1.165) is 77.0 Å². The van der Waals surface area contributed by atoms with E-state index in [4.69, 9.17) is 0 Å². The van der Waals surface area contributed by atoms with E-state index in [-0.39, 0.29) is 23.5 Å². The molecule has 1 amide bonds. The van der Waals surface area contributed by atoms with Crippen molar-refractivity contribution in [3.8, 4) is 0 Å². The van der Waals surface area contributed by atoms with E-state index in [0.29, 0.717) is 19.6 Å². The Morgan fingerprint density at radius 1 is 0.957 bits per heavy atom. The van der Waals surface area contributed by atoms with E-state index in [9.17, 15) is 13.6 Å². The first-order chi connectivity index (χ1) is 22.7. The predicted molar refractivity (Wildman–Crippen MR) is 190 cm³/mol. The fraction of sp³-hybridized carbons (Fsp3) is 0.317. The number of nitrogens with zero attached hydrogens (tertiary/aromatic N) is 3. The summed E-state index contributed by atoms with van der Waals surface area (Å²) in [5, 5.41) is 0. The minimum absolute atomic E-state index is 0.0650. The second-order valence-corrected chi connectivity index (χ2v) is 12.3. The number of amides is 1. The maximum Gasteiger partial charge on any atom is 0.254 e. The number of likely N-dealkylation sites (tertiary alicyclic amines) is 1. The molecule has 2 heterocycles. The number of piperidine rings is 1. The lowest BCUT2D eigenvalue weighted by Crippen LogP contribution is -2.41. The fourth-order valence-corrected chi connectivity index (χ4v) is 5.94. The minimum Gasteiger partial charge on any atom is -0.341 e. The van der Waals surface area contributed by atoms with Gasteiger partial charge in [-0.25, -0.2) is 8.78 Å². The molecule has 1 aliphatic heterocycles. The quantitative estimate of drug-likeness (QED) is 0.163. The van der Waals surface area contributed by atoms with E-state index < -0.39 is 0 Å². The number of halogens is 2. The molecule has 0 bridgehead atoms. The third-order valence-electron chi connectivity index (χ3n) is 8.64.